The van der Waals surface area contributed by atoms with Crippen molar-refractivity contribution in [3.8, 4) is 0 Å². The molecule has 30 heavy (non-hydrogen) atoms. The first-order chi connectivity index (χ1) is 14.6. The molecule has 1 aliphatic rings. The van der Waals surface area contributed by atoms with Gasteiger partial charge in [0.2, 0.25) is 0 Å². The zero-order valence-corrected chi connectivity index (χ0v) is 18.4. The highest BCUT2D eigenvalue weighted by Crippen LogP contribution is 2.38. The number of unbranched alkanes of at least 4 members (excludes halogenated alkanes) is 1. The van der Waals surface area contributed by atoms with Crippen molar-refractivity contribution in [3.05, 3.63) is 64.6 Å². The Balaban J connectivity index is 1.52. The van der Waals surface area contributed by atoms with Gasteiger partial charge < -0.3 is 15.5 Å². The van der Waals surface area contributed by atoms with Gasteiger partial charge in [0.15, 0.2) is 0 Å². The number of hydrogen-bond donors (Lipinski definition) is 2. The summed E-state index contributed by atoms with van der Waals surface area (Å²) in [5, 5.41) is 5.89. The summed E-state index contributed by atoms with van der Waals surface area (Å²) in [6.07, 6.45) is 5.19. The highest BCUT2D eigenvalue weighted by atomic mass is 32.2. The maximum absolute atomic E-state index is 12.3. The summed E-state index contributed by atoms with van der Waals surface area (Å²) in [7, 11) is 2.12. The molecule has 0 aliphatic carbocycles. The second-order valence-electron chi connectivity index (χ2n) is 7.45. The van der Waals surface area contributed by atoms with Gasteiger partial charge in [0.05, 0.1) is 10.6 Å². The van der Waals surface area contributed by atoms with Crippen molar-refractivity contribution in [2.75, 3.05) is 32.0 Å². The Labute approximate surface area is 182 Å². The number of carbonyl (C=O) groups is 2. The van der Waals surface area contributed by atoms with Crippen LogP contribution in [0.4, 0.5) is 5.69 Å². The van der Waals surface area contributed by atoms with E-state index in [2.05, 4.69) is 29.5 Å². The average Bonchev–Trinajstić information content (AvgIpc) is 2.76. The number of rotatable bonds is 9. The summed E-state index contributed by atoms with van der Waals surface area (Å²) >= 11 is 1.46. The molecule has 0 unspecified atom stereocenters. The van der Waals surface area contributed by atoms with E-state index >= 15 is 0 Å². The molecule has 1 heterocycles. The van der Waals surface area contributed by atoms with Crippen LogP contribution >= 0.6 is 11.8 Å². The first-order valence-electron chi connectivity index (χ1n) is 10.4. The fourth-order valence-electron chi connectivity index (χ4n) is 3.18. The summed E-state index contributed by atoms with van der Waals surface area (Å²) in [6.45, 7) is 4.94. The molecule has 0 atom stereocenters. The van der Waals surface area contributed by atoms with Crippen molar-refractivity contribution in [3.63, 3.8) is 0 Å². The first kappa shape index (κ1) is 22.1. The highest BCUT2D eigenvalue weighted by molar-refractivity contribution is 8.04. The Morgan fingerprint density at radius 1 is 1.10 bits per heavy atom. The summed E-state index contributed by atoms with van der Waals surface area (Å²) in [5.41, 5.74) is 2.36. The summed E-state index contributed by atoms with van der Waals surface area (Å²) in [6, 6.07) is 15.1. The van der Waals surface area contributed by atoms with Crippen molar-refractivity contribution in [1.29, 1.82) is 0 Å². The van der Waals surface area contributed by atoms with E-state index < -0.39 is 0 Å². The molecule has 2 aromatic rings. The third-order valence-electron chi connectivity index (χ3n) is 4.95. The molecule has 0 saturated carbocycles. The predicted molar refractivity (Wildman–Crippen MR) is 125 cm³/mol. The van der Waals surface area contributed by atoms with Crippen LogP contribution in [0.1, 0.15) is 42.1 Å². The SMILES string of the molecule is CCCCN(C)CCCNC(=O)c1ccc(C=C2Sc3ccccc3NC2=O)cc1. The summed E-state index contributed by atoms with van der Waals surface area (Å²) in [5.74, 6) is -0.173. The van der Waals surface area contributed by atoms with Gasteiger partial charge in [-0.1, -0.05) is 49.4 Å². The van der Waals surface area contributed by atoms with E-state index in [1.54, 1.807) is 12.1 Å². The van der Waals surface area contributed by atoms with Crippen LogP contribution < -0.4 is 10.6 Å². The smallest absolute Gasteiger partial charge is 0.262 e. The van der Waals surface area contributed by atoms with Gasteiger partial charge in [0.25, 0.3) is 11.8 Å². The van der Waals surface area contributed by atoms with Crippen LogP contribution in [0.3, 0.4) is 0 Å². The van der Waals surface area contributed by atoms with Crippen molar-refractivity contribution in [2.45, 2.75) is 31.1 Å². The zero-order valence-electron chi connectivity index (χ0n) is 17.6. The molecule has 0 spiro atoms. The Morgan fingerprint density at radius 3 is 2.60 bits per heavy atom. The maximum atomic E-state index is 12.3. The molecule has 0 radical (unpaired) electrons. The number of anilines is 1. The van der Waals surface area contributed by atoms with E-state index in [-0.39, 0.29) is 11.8 Å². The van der Waals surface area contributed by atoms with Crippen LogP contribution in [0.5, 0.6) is 0 Å². The lowest BCUT2D eigenvalue weighted by Crippen LogP contribution is -2.28. The Kier molecular flexibility index (Phi) is 8.11. The molecule has 0 fully saturated rings. The largest absolute Gasteiger partial charge is 0.352 e. The number of fused-ring (bicyclic) bond motifs is 1. The third kappa shape index (κ3) is 6.21. The van der Waals surface area contributed by atoms with Gasteiger partial charge in [-0.2, -0.15) is 0 Å². The molecule has 1 aliphatic heterocycles. The zero-order chi connectivity index (χ0) is 21.3. The van der Waals surface area contributed by atoms with Gasteiger partial charge in [0, 0.05) is 17.0 Å². The minimum absolute atomic E-state index is 0.0656. The lowest BCUT2D eigenvalue weighted by Gasteiger charge is -2.18. The number of benzene rings is 2. The number of para-hydroxylation sites is 1. The molecule has 2 aromatic carbocycles. The van der Waals surface area contributed by atoms with Gasteiger partial charge in [-0.15, -0.1) is 0 Å². The molecule has 3 rings (SSSR count). The van der Waals surface area contributed by atoms with Crippen molar-refractivity contribution < 1.29 is 9.59 Å². The molecule has 2 N–H and O–H groups in total. The summed E-state index contributed by atoms with van der Waals surface area (Å²) < 4.78 is 0. The van der Waals surface area contributed by atoms with E-state index in [1.807, 2.05) is 42.5 Å². The second kappa shape index (κ2) is 11.0. The fourth-order valence-corrected chi connectivity index (χ4v) is 4.13. The van der Waals surface area contributed by atoms with Crippen LogP contribution in [-0.4, -0.2) is 43.4 Å². The standard InChI is InChI=1S/C24H29N3O2S/c1-3-4-15-27(2)16-7-14-25-23(28)19-12-10-18(11-13-19)17-22-24(29)26-20-8-5-6-9-21(20)30-22/h5-6,8-13,17H,3-4,7,14-16H2,1-2H3,(H,25,28)(H,26,29). The van der Waals surface area contributed by atoms with E-state index in [1.165, 1.54) is 24.6 Å². The Hall–Kier alpha value is -2.57. The first-order valence-corrected chi connectivity index (χ1v) is 11.2. The number of carbonyl (C=O) groups excluding carboxylic acids is 2. The Morgan fingerprint density at radius 2 is 1.83 bits per heavy atom. The van der Waals surface area contributed by atoms with E-state index in [4.69, 9.17) is 0 Å². The minimum Gasteiger partial charge on any atom is -0.352 e. The summed E-state index contributed by atoms with van der Waals surface area (Å²) in [4.78, 5) is 28.6. The van der Waals surface area contributed by atoms with Crippen LogP contribution in [0.2, 0.25) is 0 Å². The fraction of sp³-hybridized carbons (Fsp3) is 0.333. The lowest BCUT2D eigenvalue weighted by atomic mass is 10.1. The van der Waals surface area contributed by atoms with Gasteiger partial charge in [-0.05, 0) is 68.9 Å². The van der Waals surface area contributed by atoms with Crippen LogP contribution in [0.25, 0.3) is 6.08 Å². The molecule has 2 amide bonds. The molecular weight excluding hydrogens is 394 g/mol. The van der Waals surface area contributed by atoms with Gasteiger partial charge in [-0.3, -0.25) is 9.59 Å². The van der Waals surface area contributed by atoms with Crippen LogP contribution in [0, 0.1) is 0 Å². The predicted octanol–water partition coefficient (Wildman–Crippen LogP) is 4.62. The molecule has 5 nitrogen and oxygen atoms in total. The van der Waals surface area contributed by atoms with E-state index in [0.29, 0.717) is 17.0 Å². The Bertz CT molecular complexity index is 909. The molecule has 158 valence electrons. The molecular formula is C24H29N3O2S. The maximum Gasteiger partial charge on any atom is 0.262 e. The lowest BCUT2D eigenvalue weighted by molar-refractivity contribution is -0.112. The molecule has 0 bridgehead atoms. The minimum atomic E-state index is -0.107. The van der Waals surface area contributed by atoms with Crippen molar-refractivity contribution in [1.82, 2.24) is 10.2 Å². The number of thioether (sulfide) groups is 1. The van der Waals surface area contributed by atoms with Crippen molar-refractivity contribution in [2.24, 2.45) is 0 Å². The molecule has 0 aromatic heterocycles. The highest BCUT2D eigenvalue weighted by Gasteiger charge is 2.20. The molecule has 0 saturated heterocycles. The van der Waals surface area contributed by atoms with E-state index in [9.17, 15) is 9.59 Å². The molecule has 6 heteroatoms. The topological polar surface area (TPSA) is 61.4 Å². The number of nitrogens with zero attached hydrogens (tertiary/aromatic N) is 1. The number of amides is 2. The number of hydrogen-bond acceptors (Lipinski definition) is 4. The van der Waals surface area contributed by atoms with Gasteiger partial charge in [-0.25, -0.2) is 0 Å². The third-order valence-corrected chi connectivity index (χ3v) is 6.04. The monoisotopic (exact) mass is 423 g/mol. The van der Waals surface area contributed by atoms with Crippen LogP contribution in [-0.2, 0) is 4.79 Å². The van der Waals surface area contributed by atoms with E-state index in [0.717, 1.165) is 35.7 Å². The van der Waals surface area contributed by atoms with Crippen molar-refractivity contribution >= 4 is 35.3 Å². The van der Waals surface area contributed by atoms with Gasteiger partial charge >= 0.3 is 0 Å². The van der Waals surface area contributed by atoms with Crippen LogP contribution in [0.15, 0.2) is 58.3 Å². The number of nitrogens with one attached hydrogen (secondary N) is 2. The second-order valence-corrected chi connectivity index (χ2v) is 8.53. The quantitative estimate of drug-likeness (QED) is 0.456. The average molecular weight is 424 g/mol. The van der Waals surface area contributed by atoms with Gasteiger partial charge in [0.1, 0.15) is 0 Å². The normalized spacial score (nSPS) is 14.5.